The van der Waals surface area contributed by atoms with Crippen LogP contribution in [0.4, 0.5) is 5.13 Å². The van der Waals surface area contributed by atoms with Gasteiger partial charge in [0.05, 0.1) is 5.69 Å². The fourth-order valence-corrected chi connectivity index (χ4v) is 4.37. The Morgan fingerprint density at radius 3 is 1.81 bits per heavy atom. The van der Waals surface area contributed by atoms with E-state index in [1.165, 1.54) is 22.3 Å². The Kier molecular flexibility index (Phi) is 4.78. The van der Waals surface area contributed by atoms with Crippen LogP contribution < -0.4 is 5.32 Å². The molecule has 1 heterocycles. The van der Waals surface area contributed by atoms with Gasteiger partial charge >= 0.3 is 0 Å². The zero-order chi connectivity index (χ0) is 18.7. The lowest BCUT2D eigenvalue weighted by atomic mass is 9.75. The number of nitrogens with zero attached hydrogens (tertiary/aromatic N) is 1. The Morgan fingerprint density at radius 1 is 0.741 bits per heavy atom. The quantitative estimate of drug-likeness (QED) is 0.425. The summed E-state index contributed by atoms with van der Waals surface area (Å²) in [4.78, 5) is 4.71. The largest absolute Gasteiger partial charge is 0.344 e. The Bertz CT molecular complexity index is 983. The van der Waals surface area contributed by atoms with Gasteiger partial charge in [0.15, 0.2) is 5.13 Å². The van der Waals surface area contributed by atoms with E-state index < -0.39 is 5.54 Å². The van der Waals surface area contributed by atoms with Gasteiger partial charge in [0.25, 0.3) is 0 Å². The Balaban J connectivity index is 2.04. The minimum atomic E-state index is -0.516. The molecule has 4 aromatic rings. The third kappa shape index (κ3) is 3.26. The molecular weight excluding hydrogens is 348 g/mol. The number of aromatic nitrogens is 1. The van der Waals surface area contributed by atoms with Crippen LogP contribution >= 0.6 is 11.3 Å². The monoisotopic (exact) mass is 370 g/mol. The maximum absolute atomic E-state index is 4.71. The summed E-state index contributed by atoms with van der Waals surface area (Å²) in [6.07, 6.45) is 0. The molecule has 0 aliphatic rings. The van der Waals surface area contributed by atoms with E-state index in [-0.39, 0.29) is 0 Å². The van der Waals surface area contributed by atoms with Crippen LogP contribution in [-0.4, -0.2) is 4.98 Å². The van der Waals surface area contributed by atoms with Gasteiger partial charge in [-0.15, -0.1) is 11.3 Å². The van der Waals surface area contributed by atoms with Crippen molar-refractivity contribution >= 4 is 16.5 Å². The van der Waals surface area contributed by atoms with Crippen molar-refractivity contribution in [3.05, 3.63) is 118 Å². The number of benzene rings is 3. The number of anilines is 1. The van der Waals surface area contributed by atoms with Crippen LogP contribution in [0.3, 0.4) is 0 Å². The normalized spacial score (nSPS) is 11.3. The summed E-state index contributed by atoms with van der Waals surface area (Å²) in [5.41, 5.74) is 5.37. The van der Waals surface area contributed by atoms with E-state index in [0.717, 1.165) is 10.8 Å². The number of rotatable bonds is 5. The predicted molar refractivity (Wildman–Crippen MR) is 114 cm³/mol. The van der Waals surface area contributed by atoms with Gasteiger partial charge in [-0.2, -0.15) is 0 Å². The van der Waals surface area contributed by atoms with Gasteiger partial charge in [-0.25, -0.2) is 4.98 Å². The number of thiazole rings is 1. The summed E-state index contributed by atoms with van der Waals surface area (Å²) in [6.45, 7) is 4.20. The van der Waals surface area contributed by atoms with E-state index in [1.807, 2.05) is 6.92 Å². The molecule has 1 N–H and O–H groups in total. The van der Waals surface area contributed by atoms with Crippen LogP contribution in [0.5, 0.6) is 0 Å². The summed E-state index contributed by atoms with van der Waals surface area (Å²) in [6, 6.07) is 29.8. The molecule has 3 aromatic carbocycles. The van der Waals surface area contributed by atoms with Crippen molar-refractivity contribution in [2.24, 2.45) is 0 Å². The van der Waals surface area contributed by atoms with Gasteiger partial charge in [-0.1, -0.05) is 84.9 Å². The van der Waals surface area contributed by atoms with E-state index in [0.29, 0.717) is 0 Å². The van der Waals surface area contributed by atoms with Crippen molar-refractivity contribution in [3.63, 3.8) is 0 Å². The highest BCUT2D eigenvalue weighted by Gasteiger charge is 2.38. The zero-order valence-corrected chi connectivity index (χ0v) is 16.3. The van der Waals surface area contributed by atoms with E-state index in [9.17, 15) is 0 Å². The molecule has 0 aliphatic carbocycles. The van der Waals surface area contributed by atoms with Crippen molar-refractivity contribution in [2.45, 2.75) is 19.4 Å². The Hall–Kier alpha value is -2.91. The van der Waals surface area contributed by atoms with Crippen molar-refractivity contribution < 1.29 is 0 Å². The van der Waals surface area contributed by atoms with E-state index in [2.05, 4.69) is 103 Å². The van der Waals surface area contributed by atoms with Gasteiger partial charge in [0.2, 0.25) is 0 Å². The summed E-state index contributed by atoms with van der Waals surface area (Å²) in [5.74, 6) is 0. The lowest BCUT2D eigenvalue weighted by Gasteiger charge is -2.37. The highest BCUT2D eigenvalue weighted by Crippen LogP contribution is 2.41. The van der Waals surface area contributed by atoms with Crippen LogP contribution in [0.1, 0.15) is 27.9 Å². The molecule has 0 saturated heterocycles. The fourth-order valence-electron chi connectivity index (χ4n) is 3.63. The lowest BCUT2D eigenvalue weighted by Crippen LogP contribution is -2.38. The van der Waals surface area contributed by atoms with E-state index in [1.54, 1.807) is 11.3 Å². The summed E-state index contributed by atoms with van der Waals surface area (Å²) < 4.78 is 0. The molecule has 0 spiro atoms. The first-order chi connectivity index (χ1) is 13.2. The second kappa shape index (κ2) is 7.37. The maximum Gasteiger partial charge on any atom is 0.184 e. The first kappa shape index (κ1) is 17.5. The average molecular weight is 371 g/mol. The standard InChI is InChI=1S/C24H22N2S/c1-18-11-9-10-16-22(18)24(20-12-5-3-6-13-20,21-14-7-4-8-15-21)26-23-25-19(2)17-27-23/h3-17H,1-2H3,(H,25,26). The van der Waals surface area contributed by atoms with Crippen LogP contribution in [0, 0.1) is 13.8 Å². The molecule has 0 saturated carbocycles. The molecule has 0 bridgehead atoms. The second-order valence-electron chi connectivity index (χ2n) is 6.72. The van der Waals surface area contributed by atoms with Crippen LogP contribution in [0.2, 0.25) is 0 Å². The molecule has 0 fully saturated rings. The molecule has 0 unspecified atom stereocenters. The van der Waals surface area contributed by atoms with Crippen LogP contribution in [-0.2, 0) is 5.54 Å². The van der Waals surface area contributed by atoms with Crippen molar-refractivity contribution in [1.29, 1.82) is 0 Å². The SMILES string of the molecule is Cc1csc(NC(c2ccccc2)(c2ccccc2)c2ccccc2C)n1. The number of aryl methyl sites for hydroxylation is 2. The molecule has 2 nitrogen and oxygen atoms in total. The number of nitrogens with one attached hydrogen (secondary N) is 1. The van der Waals surface area contributed by atoms with Gasteiger partial charge in [-0.3, -0.25) is 0 Å². The van der Waals surface area contributed by atoms with Gasteiger partial charge in [-0.05, 0) is 36.1 Å². The van der Waals surface area contributed by atoms with E-state index in [4.69, 9.17) is 4.98 Å². The average Bonchev–Trinajstić information content (AvgIpc) is 3.13. The molecule has 134 valence electrons. The summed E-state index contributed by atoms with van der Waals surface area (Å²) >= 11 is 1.64. The van der Waals surface area contributed by atoms with Crippen molar-refractivity contribution in [3.8, 4) is 0 Å². The van der Waals surface area contributed by atoms with Gasteiger partial charge in [0.1, 0.15) is 5.54 Å². The summed E-state index contributed by atoms with van der Waals surface area (Å²) in [5, 5.41) is 6.81. The maximum atomic E-state index is 4.71. The molecule has 0 radical (unpaired) electrons. The topological polar surface area (TPSA) is 24.9 Å². The van der Waals surface area contributed by atoms with Crippen molar-refractivity contribution in [1.82, 2.24) is 4.98 Å². The third-order valence-corrected chi connectivity index (χ3v) is 5.75. The zero-order valence-electron chi connectivity index (χ0n) is 15.5. The molecule has 1 aromatic heterocycles. The van der Waals surface area contributed by atoms with E-state index >= 15 is 0 Å². The first-order valence-electron chi connectivity index (χ1n) is 9.07. The Labute approximate surface area is 164 Å². The minimum absolute atomic E-state index is 0.516. The third-order valence-electron chi connectivity index (χ3n) is 4.88. The molecule has 4 rings (SSSR count). The lowest BCUT2D eigenvalue weighted by molar-refractivity contribution is 0.704. The fraction of sp³-hybridized carbons (Fsp3) is 0.125. The highest BCUT2D eigenvalue weighted by molar-refractivity contribution is 7.13. The highest BCUT2D eigenvalue weighted by atomic mass is 32.1. The Morgan fingerprint density at radius 2 is 1.30 bits per heavy atom. The van der Waals surface area contributed by atoms with Gasteiger partial charge < -0.3 is 5.32 Å². The number of hydrogen-bond donors (Lipinski definition) is 1. The molecule has 3 heteroatoms. The molecule has 0 amide bonds. The second-order valence-corrected chi connectivity index (χ2v) is 7.57. The minimum Gasteiger partial charge on any atom is -0.344 e. The predicted octanol–water partition coefficient (Wildman–Crippen LogP) is 6.16. The van der Waals surface area contributed by atoms with Crippen molar-refractivity contribution in [2.75, 3.05) is 5.32 Å². The van der Waals surface area contributed by atoms with Crippen LogP contribution in [0.25, 0.3) is 0 Å². The van der Waals surface area contributed by atoms with Gasteiger partial charge in [0, 0.05) is 5.38 Å². The molecule has 27 heavy (non-hydrogen) atoms. The number of hydrogen-bond acceptors (Lipinski definition) is 3. The summed E-state index contributed by atoms with van der Waals surface area (Å²) in [7, 11) is 0. The molecule has 0 aliphatic heterocycles. The first-order valence-corrected chi connectivity index (χ1v) is 9.95. The molecule has 0 atom stereocenters. The van der Waals surface area contributed by atoms with Crippen LogP contribution in [0.15, 0.2) is 90.3 Å². The smallest absolute Gasteiger partial charge is 0.184 e. The molecular formula is C24H22N2S.